The zero-order valence-electron chi connectivity index (χ0n) is 6.50. The van der Waals surface area contributed by atoms with E-state index in [0.29, 0.717) is 5.89 Å². The number of aryl methyl sites for hydroxylation is 1. The van der Waals surface area contributed by atoms with Gasteiger partial charge in [-0.3, -0.25) is 0 Å². The van der Waals surface area contributed by atoms with Crippen molar-refractivity contribution in [3.8, 4) is 0 Å². The predicted octanol–water partition coefficient (Wildman–Crippen LogP) is -0.196. The van der Waals surface area contributed by atoms with Gasteiger partial charge in [0.05, 0.1) is 0 Å². The second-order valence-corrected chi connectivity index (χ2v) is 2.25. The molecular formula is C6H12N4O. The van der Waals surface area contributed by atoms with Gasteiger partial charge in [-0.25, -0.2) is 0 Å². The summed E-state index contributed by atoms with van der Waals surface area (Å²) in [6, 6.07) is 0. The van der Waals surface area contributed by atoms with Crippen molar-refractivity contribution in [2.45, 2.75) is 12.8 Å². The van der Waals surface area contributed by atoms with Gasteiger partial charge >= 0.3 is 0 Å². The van der Waals surface area contributed by atoms with Gasteiger partial charge in [0.15, 0.2) is 0 Å². The van der Waals surface area contributed by atoms with Crippen LogP contribution in [0.25, 0.3) is 0 Å². The normalized spacial score (nSPS) is 10.3. The predicted molar refractivity (Wildman–Crippen MR) is 41.0 cm³/mol. The van der Waals surface area contributed by atoms with E-state index in [9.17, 15) is 0 Å². The van der Waals surface area contributed by atoms with Crippen molar-refractivity contribution >= 4 is 5.95 Å². The molecule has 0 spiro atoms. The number of hydrogen-bond donors (Lipinski definition) is 2. The highest BCUT2D eigenvalue weighted by molar-refractivity contribution is 5.10. The zero-order chi connectivity index (χ0) is 8.10. The van der Waals surface area contributed by atoms with Crippen LogP contribution in [0.2, 0.25) is 0 Å². The highest BCUT2D eigenvalue weighted by Gasteiger charge is 2.00. The third kappa shape index (κ3) is 2.55. The lowest BCUT2D eigenvalue weighted by Crippen LogP contribution is -2.08. The van der Waals surface area contributed by atoms with E-state index in [1.807, 2.05) is 7.05 Å². The average Bonchev–Trinajstić information content (AvgIpc) is 2.37. The summed E-state index contributed by atoms with van der Waals surface area (Å²) in [4.78, 5) is 3.85. The maximum absolute atomic E-state index is 5.25. The molecule has 0 radical (unpaired) electrons. The Morgan fingerprint density at radius 2 is 2.45 bits per heavy atom. The molecule has 1 rings (SSSR count). The fourth-order valence-electron chi connectivity index (χ4n) is 0.786. The molecule has 0 fully saturated rings. The summed E-state index contributed by atoms with van der Waals surface area (Å²) in [5, 5.41) is 6.49. The minimum absolute atomic E-state index is 0.212. The zero-order valence-corrected chi connectivity index (χ0v) is 6.50. The smallest absolute Gasteiger partial charge is 0.260 e. The first-order valence-corrected chi connectivity index (χ1v) is 3.55. The fourth-order valence-corrected chi connectivity index (χ4v) is 0.786. The minimum Gasteiger partial charge on any atom is -0.365 e. The van der Waals surface area contributed by atoms with Gasteiger partial charge < -0.3 is 15.6 Å². The van der Waals surface area contributed by atoms with Crippen molar-refractivity contribution in [3.63, 3.8) is 0 Å². The molecule has 0 amide bonds. The summed E-state index contributed by atoms with van der Waals surface area (Å²) >= 11 is 0. The van der Waals surface area contributed by atoms with Gasteiger partial charge in [-0.2, -0.15) is 4.98 Å². The number of anilines is 1. The molecule has 5 nitrogen and oxygen atoms in total. The SMILES string of the molecule is CNCCCc1nc(N)no1. The van der Waals surface area contributed by atoms with Crippen molar-refractivity contribution in [1.82, 2.24) is 15.5 Å². The number of rotatable bonds is 4. The Hall–Kier alpha value is -1.10. The molecule has 3 N–H and O–H groups in total. The largest absolute Gasteiger partial charge is 0.365 e. The number of nitrogen functional groups attached to an aromatic ring is 1. The Morgan fingerprint density at radius 3 is 3.00 bits per heavy atom. The van der Waals surface area contributed by atoms with Crippen LogP contribution in [-0.2, 0) is 6.42 Å². The molecule has 0 unspecified atom stereocenters. The molecule has 0 saturated heterocycles. The van der Waals surface area contributed by atoms with Crippen LogP contribution in [0.1, 0.15) is 12.3 Å². The fraction of sp³-hybridized carbons (Fsp3) is 0.667. The number of nitrogens with one attached hydrogen (secondary N) is 1. The third-order valence-corrected chi connectivity index (χ3v) is 1.30. The van der Waals surface area contributed by atoms with Crippen LogP contribution in [0.3, 0.4) is 0 Å². The van der Waals surface area contributed by atoms with Crippen LogP contribution in [0.4, 0.5) is 5.95 Å². The summed E-state index contributed by atoms with van der Waals surface area (Å²) in [6.07, 6.45) is 1.77. The van der Waals surface area contributed by atoms with E-state index in [4.69, 9.17) is 10.3 Å². The molecule has 0 saturated carbocycles. The van der Waals surface area contributed by atoms with E-state index >= 15 is 0 Å². The summed E-state index contributed by atoms with van der Waals surface area (Å²) in [6.45, 7) is 0.947. The first-order valence-electron chi connectivity index (χ1n) is 3.55. The lowest BCUT2D eigenvalue weighted by Gasteiger charge is -1.92. The first-order chi connectivity index (χ1) is 5.33. The van der Waals surface area contributed by atoms with Gasteiger partial charge in [0, 0.05) is 6.42 Å². The number of nitrogens with zero attached hydrogens (tertiary/aromatic N) is 2. The van der Waals surface area contributed by atoms with Crippen LogP contribution in [0.5, 0.6) is 0 Å². The van der Waals surface area contributed by atoms with E-state index in [0.717, 1.165) is 19.4 Å². The molecule has 0 bridgehead atoms. The average molecular weight is 156 g/mol. The summed E-state index contributed by atoms with van der Waals surface area (Å²) in [7, 11) is 1.90. The van der Waals surface area contributed by atoms with Crippen LogP contribution < -0.4 is 11.1 Å². The molecule has 11 heavy (non-hydrogen) atoms. The molecule has 1 aromatic heterocycles. The summed E-state index contributed by atoms with van der Waals surface area (Å²) in [5.41, 5.74) is 5.25. The van der Waals surface area contributed by atoms with Crippen molar-refractivity contribution in [2.75, 3.05) is 19.3 Å². The van der Waals surface area contributed by atoms with Crippen molar-refractivity contribution in [3.05, 3.63) is 5.89 Å². The highest BCUT2D eigenvalue weighted by atomic mass is 16.5. The molecule has 0 atom stereocenters. The van der Waals surface area contributed by atoms with Crippen molar-refractivity contribution < 1.29 is 4.52 Å². The van der Waals surface area contributed by atoms with Gasteiger partial charge in [-0.1, -0.05) is 0 Å². The first kappa shape index (κ1) is 8.00. The summed E-state index contributed by atoms with van der Waals surface area (Å²) < 4.78 is 4.80. The van der Waals surface area contributed by atoms with E-state index in [2.05, 4.69) is 15.5 Å². The monoisotopic (exact) mass is 156 g/mol. The lowest BCUT2D eigenvalue weighted by molar-refractivity contribution is 0.376. The van der Waals surface area contributed by atoms with E-state index in [-0.39, 0.29) is 5.95 Å². The second-order valence-electron chi connectivity index (χ2n) is 2.25. The summed E-state index contributed by atoms with van der Waals surface area (Å²) in [5.74, 6) is 0.821. The molecule has 62 valence electrons. The quantitative estimate of drug-likeness (QED) is 0.590. The number of hydrogen-bond acceptors (Lipinski definition) is 5. The Bertz CT molecular complexity index is 210. The molecular weight excluding hydrogens is 144 g/mol. The van der Waals surface area contributed by atoms with Crippen LogP contribution in [0.15, 0.2) is 4.52 Å². The molecule has 5 heteroatoms. The van der Waals surface area contributed by atoms with E-state index in [1.54, 1.807) is 0 Å². The van der Waals surface area contributed by atoms with Crippen LogP contribution >= 0.6 is 0 Å². The molecule has 0 aromatic carbocycles. The minimum atomic E-state index is 0.212. The van der Waals surface area contributed by atoms with Crippen LogP contribution in [0, 0.1) is 0 Å². The van der Waals surface area contributed by atoms with Gasteiger partial charge in [0.2, 0.25) is 5.89 Å². The topological polar surface area (TPSA) is 77.0 Å². The van der Waals surface area contributed by atoms with Crippen molar-refractivity contribution in [1.29, 1.82) is 0 Å². The molecule has 0 aliphatic heterocycles. The van der Waals surface area contributed by atoms with Gasteiger partial charge in [-0.15, -0.1) is 0 Å². The maximum Gasteiger partial charge on any atom is 0.260 e. The third-order valence-electron chi connectivity index (χ3n) is 1.30. The Balaban J connectivity index is 2.27. The number of nitrogens with two attached hydrogens (primary N) is 1. The molecule has 1 aromatic rings. The lowest BCUT2D eigenvalue weighted by atomic mass is 10.3. The van der Waals surface area contributed by atoms with Gasteiger partial charge in [0.1, 0.15) is 0 Å². The van der Waals surface area contributed by atoms with Gasteiger partial charge in [-0.05, 0) is 25.2 Å². The van der Waals surface area contributed by atoms with Gasteiger partial charge in [0.25, 0.3) is 5.95 Å². The Labute approximate surface area is 65.0 Å². The van der Waals surface area contributed by atoms with Crippen molar-refractivity contribution in [2.24, 2.45) is 0 Å². The second kappa shape index (κ2) is 3.92. The molecule has 0 aliphatic carbocycles. The molecule has 1 heterocycles. The molecule has 0 aliphatic rings. The maximum atomic E-state index is 5.25. The Kier molecular flexibility index (Phi) is 2.85. The number of aromatic nitrogens is 2. The highest BCUT2D eigenvalue weighted by Crippen LogP contribution is 2.00. The van der Waals surface area contributed by atoms with Crippen LogP contribution in [-0.4, -0.2) is 23.7 Å². The van der Waals surface area contributed by atoms with E-state index < -0.39 is 0 Å². The standard InChI is InChI=1S/C6H12N4O/c1-8-4-2-3-5-9-6(7)10-11-5/h8H,2-4H2,1H3,(H2,7,10). The van der Waals surface area contributed by atoms with E-state index in [1.165, 1.54) is 0 Å². The Morgan fingerprint density at radius 1 is 1.64 bits per heavy atom.